The summed E-state index contributed by atoms with van der Waals surface area (Å²) >= 11 is 3.61. The zero-order valence-corrected chi connectivity index (χ0v) is 18.1. The van der Waals surface area contributed by atoms with Crippen LogP contribution in [0.25, 0.3) is 5.57 Å². The number of halogens is 1. The number of aryl methyl sites for hydroxylation is 1. The molecule has 1 aliphatic carbocycles. The molecule has 2 rings (SSSR count). The van der Waals surface area contributed by atoms with E-state index in [1.54, 1.807) is 0 Å². The number of benzene rings is 1. The maximum absolute atomic E-state index is 3.61. The third kappa shape index (κ3) is 6.57. The third-order valence-corrected chi connectivity index (χ3v) is 3.20. The molecule has 0 nitrogen and oxygen atoms in total. The van der Waals surface area contributed by atoms with Crippen molar-refractivity contribution in [1.82, 2.24) is 0 Å². The van der Waals surface area contributed by atoms with Gasteiger partial charge in [-0.15, -0.1) is 6.42 Å². The van der Waals surface area contributed by atoms with Crippen LogP contribution >= 0.6 is 15.9 Å². The second-order valence-electron chi connectivity index (χ2n) is 3.45. The summed E-state index contributed by atoms with van der Waals surface area (Å²) in [6.45, 7) is 2.12. The first-order chi connectivity index (χ1) is 6.27. The molecule has 0 spiro atoms. The van der Waals surface area contributed by atoms with E-state index in [0.717, 1.165) is 12.8 Å². The van der Waals surface area contributed by atoms with Gasteiger partial charge in [0.2, 0.25) is 0 Å². The Balaban J connectivity index is -0.000000490. The molecule has 0 amide bonds. The van der Waals surface area contributed by atoms with Gasteiger partial charge in [0.05, 0.1) is 0 Å². The fraction of sp³-hybridized carbons (Fsp3) is 0.214. The SMILES string of the molecule is Cc1ccc(C2=C(Br)C[CH-]C2)cc1.[CH3-].[CH3-].[Y].[Y]. The van der Waals surface area contributed by atoms with E-state index in [1.807, 2.05) is 0 Å². The van der Waals surface area contributed by atoms with E-state index in [-0.39, 0.29) is 80.3 Å². The normalized spacial score (nSPS) is 12.8. The van der Waals surface area contributed by atoms with Crippen LogP contribution < -0.4 is 0 Å². The maximum atomic E-state index is 3.61. The van der Waals surface area contributed by atoms with Crippen LogP contribution in [0.5, 0.6) is 0 Å². The summed E-state index contributed by atoms with van der Waals surface area (Å²) in [5.41, 5.74) is 4.12. The minimum atomic E-state index is 0. The largest absolute Gasteiger partial charge is 0.358 e. The third-order valence-electron chi connectivity index (χ3n) is 2.40. The zero-order valence-electron chi connectivity index (χ0n) is 10.8. The molecular weight excluding hydrogens is 426 g/mol. The molecule has 1 aliphatic rings. The molecule has 0 atom stereocenters. The summed E-state index contributed by atoms with van der Waals surface area (Å²) in [5, 5.41) is 0. The molecule has 0 aliphatic heterocycles. The van der Waals surface area contributed by atoms with Crippen molar-refractivity contribution in [2.24, 2.45) is 0 Å². The van der Waals surface area contributed by atoms with Gasteiger partial charge in [0, 0.05) is 65.4 Å². The van der Waals surface area contributed by atoms with E-state index in [2.05, 4.69) is 53.5 Å². The monoisotopic (exact) mass is 443 g/mol. The molecule has 90 valence electrons. The van der Waals surface area contributed by atoms with E-state index >= 15 is 0 Å². The van der Waals surface area contributed by atoms with Gasteiger partial charge in [-0.1, -0.05) is 51.3 Å². The summed E-state index contributed by atoms with van der Waals surface area (Å²) in [4.78, 5) is 0. The summed E-state index contributed by atoms with van der Waals surface area (Å²) in [7, 11) is 0. The van der Waals surface area contributed by atoms with E-state index in [9.17, 15) is 0 Å². The van der Waals surface area contributed by atoms with Crippen LogP contribution in [0, 0.1) is 28.2 Å². The Kier molecular flexibility index (Phi) is 16.0. The van der Waals surface area contributed by atoms with Gasteiger partial charge < -0.3 is 21.3 Å². The van der Waals surface area contributed by atoms with Gasteiger partial charge in [-0.3, -0.25) is 0 Å². The van der Waals surface area contributed by atoms with Gasteiger partial charge in [-0.25, -0.2) is 0 Å². The smallest absolute Gasteiger partial charge is 0 e. The van der Waals surface area contributed by atoms with Crippen molar-refractivity contribution in [3.05, 3.63) is 61.1 Å². The van der Waals surface area contributed by atoms with Crippen molar-refractivity contribution in [3.63, 3.8) is 0 Å². The number of hydrogen-bond donors (Lipinski definition) is 0. The van der Waals surface area contributed by atoms with Gasteiger partial charge in [0.15, 0.2) is 0 Å². The number of hydrogen-bond acceptors (Lipinski definition) is 0. The Hall–Kier alpha value is 1.65. The Morgan fingerprint density at radius 2 is 1.53 bits per heavy atom. The van der Waals surface area contributed by atoms with E-state index in [0.29, 0.717) is 0 Å². The molecule has 0 fully saturated rings. The predicted molar refractivity (Wildman–Crippen MR) is 73.4 cm³/mol. The first-order valence-electron chi connectivity index (χ1n) is 4.53. The van der Waals surface area contributed by atoms with Gasteiger partial charge in [0.25, 0.3) is 0 Å². The average Bonchev–Trinajstić information content (AvgIpc) is 2.53. The van der Waals surface area contributed by atoms with Gasteiger partial charge in [-0.05, 0) is 17.0 Å². The van der Waals surface area contributed by atoms with Crippen molar-refractivity contribution in [1.29, 1.82) is 0 Å². The van der Waals surface area contributed by atoms with Gasteiger partial charge >= 0.3 is 0 Å². The topological polar surface area (TPSA) is 0 Å². The van der Waals surface area contributed by atoms with Crippen molar-refractivity contribution in [3.8, 4) is 0 Å². The molecule has 0 aromatic heterocycles. The summed E-state index contributed by atoms with van der Waals surface area (Å²) in [6.07, 6.45) is 4.49. The van der Waals surface area contributed by atoms with Crippen molar-refractivity contribution in [2.45, 2.75) is 19.8 Å². The minimum Gasteiger partial charge on any atom is -0.358 e. The molecular formula is C14H18BrY2-3. The number of rotatable bonds is 1. The molecule has 2 radical (unpaired) electrons. The van der Waals surface area contributed by atoms with E-state index in [1.165, 1.54) is 21.2 Å². The molecule has 17 heavy (non-hydrogen) atoms. The number of allylic oxidation sites excluding steroid dienone is 2. The molecule has 0 heterocycles. The fourth-order valence-corrected chi connectivity index (χ4v) is 2.23. The molecule has 0 saturated carbocycles. The first kappa shape index (κ1) is 23.7. The second-order valence-corrected chi connectivity index (χ2v) is 4.40. The van der Waals surface area contributed by atoms with Crippen molar-refractivity contribution >= 4 is 21.5 Å². The quantitative estimate of drug-likeness (QED) is 0.536. The minimum absolute atomic E-state index is 0. The summed E-state index contributed by atoms with van der Waals surface area (Å²) in [6, 6.07) is 8.73. The summed E-state index contributed by atoms with van der Waals surface area (Å²) in [5.74, 6) is 0. The van der Waals surface area contributed by atoms with Gasteiger partial charge in [-0.2, -0.15) is 6.42 Å². The van der Waals surface area contributed by atoms with Gasteiger partial charge in [0.1, 0.15) is 0 Å². The van der Waals surface area contributed by atoms with Crippen LogP contribution in [0.3, 0.4) is 0 Å². The van der Waals surface area contributed by atoms with Crippen LogP contribution in [0.2, 0.25) is 0 Å². The standard InChI is InChI=1S/C12H12Br.2CH3.2Y/c1-9-5-7-10(8-6-9)11-3-2-4-12(11)13;;;;/h2,5-8H,3-4H2,1H3;2*1H3;;/q3*-1;;. The Labute approximate surface area is 165 Å². The molecule has 0 saturated heterocycles. The molecule has 0 bridgehead atoms. The van der Waals surface area contributed by atoms with Crippen LogP contribution in [-0.2, 0) is 65.4 Å². The second kappa shape index (κ2) is 11.5. The summed E-state index contributed by atoms with van der Waals surface area (Å²) < 4.78 is 1.34. The first-order valence-corrected chi connectivity index (χ1v) is 5.33. The van der Waals surface area contributed by atoms with Crippen molar-refractivity contribution < 1.29 is 65.4 Å². The van der Waals surface area contributed by atoms with E-state index < -0.39 is 0 Å². The Morgan fingerprint density at radius 3 is 1.94 bits per heavy atom. The molecule has 1 aromatic rings. The van der Waals surface area contributed by atoms with Crippen LogP contribution in [0.1, 0.15) is 24.0 Å². The van der Waals surface area contributed by atoms with Crippen LogP contribution in [0.15, 0.2) is 28.7 Å². The Bertz CT molecular complexity index is 342. The predicted octanol–water partition coefficient (Wildman–Crippen LogP) is 4.99. The van der Waals surface area contributed by atoms with E-state index in [4.69, 9.17) is 0 Å². The van der Waals surface area contributed by atoms with Crippen LogP contribution in [0.4, 0.5) is 0 Å². The Morgan fingerprint density at radius 1 is 1.00 bits per heavy atom. The molecule has 0 unspecified atom stereocenters. The maximum Gasteiger partial charge on any atom is 0 e. The molecule has 1 aromatic carbocycles. The van der Waals surface area contributed by atoms with Crippen LogP contribution in [-0.4, -0.2) is 0 Å². The average molecular weight is 444 g/mol. The fourth-order valence-electron chi connectivity index (χ4n) is 1.61. The zero-order chi connectivity index (χ0) is 9.26. The molecule has 3 heteroatoms. The van der Waals surface area contributed by atoms with Crippen molar-refractivity contribution in [2.75, 3.05) is 0 Å². The molecule has 0 N–H and O–H groups in total.